The molecule has 0 saturated carbocycles. The largest absolute Gasteiger partial charge is 0.455 e. The number of carbonyl (C=O) groups is 1. The predicted octanol–water partition coefficient (Wildman–Crippen LogP) is 3.06. The number of hydrogen-bond donors (Lipinski definition) is 2. The van der Waals surface area contributed by atoms with Crippen LogP contribution < -0.4 is 16.2 Å². The van der Waals surface area contributed by atoms with E-state index in [1.165, 1.54) is 18.2 Å². The molecule has 6 heteroatoms. The lowest BCUT2D eigenvalue weighted by atomic mass is 10.2. The van der Waals surface area contributed by atoms with Crippen molar-refractivity contribution in [2.24, 2.45) is 5.73 Å². The standard InChI is InChI=1S/C13H10BrFN2O2/c14-9-5-12(11(16)6-10(9)15)19-8-3-1-7(2-4-8)13(17)18/h1-6H,16H2,(H2,17,18). The van der Waals surface area contributed by atoms with Gasteiger partial charge in [0.25, 0.3) is 0 Å². The molecule has 0 spiro atoms. The molecule has 0 aromatic heterocycles. The Bertz CT molecular complexity index is 629. The minimum absolute atomic E-state index is 0.180. The number of benzene rings is 2. The van der Waals surface area contributed by atoms with Gasteiger partial charge in [-0.1, -0.05) is 0 Å². The fourth-order valence-corrected chi connectivity index (χ4v) is 1.77. The first kappa shape index (κ1) is 13.4. The lowest BCUT2D eigenvalue weighted by Gasteiger charge is -2.09. The fourth-order valence-electron chi connectivity index (χ4n) is 1.45. The van der Waals surface area contributed by atoms with Gasteiger partial charge in [0.2, 0.25) is 5.91 Å². The molecule has 1 amide bonds. The number of nitrogens with two attached hydrogens (primary N) is 2. The number of ether oxygens (including phenoxy) is 1. The van der Waals surface area contributed by atoms with Crippen molar-refractivity contribution in [1.82, 2.24) is 0 Å². The summed E-state index contributed by atoms with van der Waals surface area (Å²) in [5.41, 5.74) is 11.3. The molecule has 0 unspecified atom stereocenters. The molecule has 0 aliphatic heterocycles. The Balaban J connectivity index is 2.26. The molecule has 0 atom stereocenters. The van der Waals surface area contributed by atoms with E-state index in [0.29, 0.717) is 17.1 Å². The van der Waals surface area contributed by atoms with E-state index in [1.807, 2.05) is 0 Å². The van der Waals surface area contributed by atoms with Crippen molar-refractivity contribution in [2.45, 2.75) is 0 Å². The molecule has 0 bridgehead atoms. The van der Waals surface area contributed by atoms with Gasteiger partial charge in [-0.3, -0.25) is 4.79 Å². The number of rotatable bonds is 3. The van der Waals surface area contributed by atoms with Gasteiger partial charge in [-0.25, -0.2) is 4.39 Å². The normalized spacial score (nSPS) is 10.2. The van der Waals surface area contributed by atoms with E-state index in [-0.39, 0.29) is 10.2 Å². The average Bonchev–Trinajstić information content (AvgIpc) is 2.36. The van der Waals surface area contributed by atoms with Gasteiger partial charge in [-0.2, -0.15) is 0 Å². The number of anilines is 1. The lowest BCUT2D eigenvalue weighted by Crippen LogP contribution is -2.10. The molecule has 4 N–H and O–H groups in total. The van der Waals surface area contributed by atoms with Gasteiger partial charge in [-0.15, -0.1) is 0 Å². The molecular weight excluding hydrogens is 315 g/mol. The summed E-state index contributed by atoms with van der Waals surface area (Å²) in [6.45, 7) is 0. The summed E-state index contributed by atoms with van der Waals surface area (Å²) in [5, 5.41) is 0. The maximum Gasteiger partial charge on any atom is 0.248 e. The highest BCUT2D eigenvalue weighted by atomic mass is 79.9. The highest BCUT2D eigenvalue weighted by molar-refractivity contribution is 9.10. The van der Waals surface area contributed by atoms with Crippen molar-refractivity contribution in [3.8, 4) is 11.5 Å². The quantitative estimate of drug-likeness (QED) is 0.851. The number of primary amides is 1. The van der Waals surface area contributed by atoms with E-state index in [1.54, 1.807) is 12.1 Å². The highest BCUT2D eigenvalue weighted by Gasteiger charge is 2.08. The van der Waals surface area contributed by atoms with Crippen LogP contribution in [-0.4, -0.2) is 5.91 Å². The van der Waals surface area contributed by atoms with Crippen LogP contribution in [0, 0.1) is 5.82 Å². The van der Waals surface area contributed by atoms with Gasteiger partial charge in [-0.05, 0) is 40.2 Å². The SMILES string of the molecule is NC(=O)c1ccc(Oc2cc(Br)c(F)cc2N)cc1. The second kappa shape index (κ2) is 5.27. The first-order chi connectivity index (χ1) is 8.97. The maximum atomic E-state index is 13.2. The van der Waals surface area contributed by atoms with Gasteiger partial charge < -0.3 is 16.2 Å². The zero-order chi connectivity index (χ0) is 14.0. The first-order valence-electron chi connectivity index (χ1n) is 5.29. The summed E-state index contributed by atoms with van der Waals surface area (Å²) in [6, 6.07) is 8.83. The number of halogens is 2. The van der Waals surface area contributed by atoms with Crippen molar-refractivity contribution >= 4 is 27.5 Å². The summed E-state index contributed by atoms with van der Waals surface area (Å²) < 4.78 is 19.0. The van der Waals surface area contributed by atoms with Crippen molar-refractivity contribution in [2.75, 3.05) is 5.73 Å². The van der Waals surface area contributed by atoms with Gasteiger partial charge in [0, 0.05) is 17.7 Å². The molecular formula is C13H10BrFN2O2. The minimum atomic E-state index is -0.518. The fraction of sp³-hybridized carbons (Fsp3) is 0. The summed E-state index contributed by atoms with van der Waals surface area (Å²) in [6.07, 6.45) is 0. The van der Waals surface area contributed by atoms with Crippen molar-refractivity contribution in [1.29, 1.82) is 0 Å². The Morgan fingerprint density at radius 1 is 1.21 bits per heavy atom. The lowest BCUT2D eigenvalue weighted by molar-refractivity contribution is 0.100. The maximum absolute atomic E-state index is 13.2. The Morgan fingerprint density at radius 3 is 2.42 bits per heavy atom. The number of nitrogen functional groups attached to an aromatic ring is 1. The number of amides is 1. The third-order valence-electron chi connectivity index (χ3n) is 2.42. The monoisotopic (exact) mass is 324 g/mol. The van der Waals surface area contributed by atoms with E-state index < -0.39 is 11.7 Å². The van der Waals surface area contributed by atoms with Crippen LogP contribution in [0.1, 0.15) is 10.4 Å². The van der Waals surface area contributed by atoms with Crippen LogP contribution in [0.4, 0.5) is 10.1 Å². The number of carbonyl (C=O) groups excluding carboxylic acids is 1. The molecule has 2 rings (SSSR count). The van der Waals surface area contributed by atoms with Gasteiger partial charge in [0.15, 0.2) is 5.75 Å². The van der Waals surface area contributed by atoms with Crippen LogP contribution in [-0.2, 0) is 0 Å². The zero-order valence-corrected chi connectivity index (χ0v) is 11.3. The Morgan fingerprint density at radius 2 is 1.84 bits per heavy atom. The van der Waals surface area contributed by atoms with Crippen LogP contribution in [0.15, 0.2) is 40.9 Å². The second-order valence-electron chi connectivity index (χ2n) is 3.79. The van der Waals surface area contributed by atoms with E-state index in [9.17, 15) is 9.18 Å². The van der Waals surface area contributed by atoms with Crippen molar-refractivity contribution < 1.29 is 13.9 Å². The summed E-state index contributed by atoms with van der Waals surface area (Å²) in [4.78, 5) is 10.9. The van der Waals surface area contributed by atoms with Gasteiger partial charge in [0.1, 0.15) is 11.6 Å². The topological polar surface area (TPSA) is 78.3 Å². The third-order valence-corrected chi connectivity index (χ3v) is 3.03. The smallest absolute Gasteiger partial charge is 0.248 e. The van der Waals surface area contributed by atoms with E-state index >= 15 is 0 Å². The Labute approximate surface area is 117 Å². The summed E-state index contributed by atoms with van der Waals surface area (Å²) in [5.74, 6) is -0.195. The molecule has 2 aromatic carbocycles. The minimum Gasteiger partial charge on any atom is -0.455 e. The van der Waals surface area contributed by atoms with Crippen LogP contribution >= 0.6 is 15.9 Å². The van der Waals surface area contributed by atoms with Crippen LogP contribution in [0.2, 0.25) is 0 Å². The summed E-state index contributed by atoms with van der Waals surface area (Å²) >= 11 is 3.05. The molecule has 98 valence electrons. The molecule has 0 aliphatic carbocycles. The zero-order valence-electron chi connectivity index (χ0n) is 9.69. The Kier molecular flexibility index (Phi) is 3.71. The third kappa shape index (κ3) is 3.03. The molecule has 0 radical (unpaired) electrons. The van der Waals surface area contributed by atoms with E-state index in [2.05, 4.69) is 15.9 Å². The van der Waals surface area contributed by atoms with Gasteiger partial charge >= 0.3 is 0 Å². The summed E-state index contributed by atoms with van der Waals surface area (Å²) in [7, 11) is 0. The Hall–Kier alpha value is -2.08. The molecule has 0 fully saturated rings. The van der Waals surface area contributed by atoms with Crippen LogP contribution in [0.3, 0.4) is 0 Å². The molecule has 19 heavy (non-hydrogen) atoms. The molecule has 2 aromatic rings. The van der Waals surface area contributed by atoms with Crippen molar-refractivity contribution in [3.05, 3.63) is 52.3 Å². The second-order valence-corrected chi connectivity index (χ2v) is 4.65. The molecule has 0 aliphatic rings. The van der Waals surface area contributed by atoms with Crippen molar-refractivity contribution in [3.63, 3.8) is 0 Å². The van der Waals surface area contributed by atoms with E-state index in [0.717, 1.165) is 6.07 Å². The molecule has 4 nitrogen and oxygen atoms in total. The van der Waals surface area contributed by atoms with E-state index in [4.69, 9.17) is 16.2 Å². The molecule has 0 saturated heterocycles. The van der Waals surface area contributed by atoms with Crippen LogP contribution in [0.5, 0.6) is 11.5 Å². The van der Waals surface area contributed by atoms with Crippen LogP contribution in [0.25, 0.3) is 0 Å². The molecule has 0 heterocycles. The number of hydrogen-bond acceptors (Lipinski definition) is 3. The predicted molar refractivity (Wildman–Crippen MR) is 73.5 cm³/mol. The highest BCUT2D eigenvalue weighted by Crippen LogP contribution is 2.32. The van der Waals surface area contributed by atoms with Gasteiger partial charge in [0.05, 0.1) is 10.2 Å². The first-order valence-corrected chi connectivity index (χ1v) is 6.09. The average molecular weight is 325 g/mol.